The number of benzene rings is 1. The molecule has 0 spiro atoms. The third kappa shape index (κ3) is 3.05. The van der Waals surface area contributed by atoms with Gasteiger partial charge in [-0.1, -0.05) is 29.3 Å². The van der Waals surface area contributed by atoms with Crippen LogP contribution in [0.15, 0.2) is 29.5 Å². The number of carboxylic acid groups (broad SMARTS) is 1. The molecule has 9 heteroatoms. The van der Waals surface area contributed by atoms with E-state index in [1.165, 1.54) is 15.9 Å². The molecule has 0 aromatic heterocycles. The molecule has 0 saturated carbocycles. The summed E-state index contributed by atoms with van der Waals surface area (Å²) in [4.78, 5) is 38.9. The summed E-state index contributed by atoms with van der Waals surface area (Å²) in [5.41, 5.74) is 1.38. The second-order valence-electron chi connectivity index (χ2n) is 5.71. The minimum atomic E-state index is -1.11. The molecule has 0 fully saturated rings. The van der Waals surface area contributed by atoms with Crippen molar-refractivity contribution >= 4 is 41.1 Å². The minimum absolute atomic E-state index is 0.0729. The molecule has 0 radical (unpaired) electrons. The maximum absolute atomic E-state index is 12.8. The van der Waals surface area contributed by atoms with Crippen molar-refractivity contribution in [3.05, 3.63) is 45.1 Å². The number of carboxylic acids is 1. The average Bonchev–Trinajstić information content (AvgIpc) is 2.83. The molecular formula is C16H15Cl2N3O4. The summed E-state index contributed by atoms with van der Waals surface area (Å²) in [5.74, 6) is -1.54. The number of nitrogens with zero attached hydrogens (tertiary/aromatic N) is 2. The number of halogens is 2. The van der Waals surface area contributed by atoms with Gasteiger partial charge in [0.25, 0.3) is 5.91 Å². The lowest BCUT2D eigenvalue weighted by Gasteiger charge is -2.33. The zero-order chi connectivity index (χ0) is 18.3. The number of urea groups is 1. The van der Waals surface area contributed by atoms with Crippen molar-refractivity contribution in [3.8, 4) is 0 Å². The highest BCUT2D eigenvalue weighted by molar-refractivity contribution is 6.35. The molecule has 2 aliphatic rings. The highest BCUT2D eigenvalue weighted by atomic mass is 35.5. The van der Waals surface area contributed by atoms with E-state index in [1.807, 2.05) is 0 Å². The molecular weight excluding hydrogens is 369 g/mol. The van der Waals surface area contributed by atoms with Crippen molar-refractivity contribution in [1.29, 1.82) is 0 Å². The van der Waals surface area contributed by atoms with Crippen LogP contribution in [-0.2, 0) is 9.59 Å². The number of hydrogen-bond donors (Lipinski definition) is 2. The van der Waals surface area contributed by atoms with Gasteiger partial charge >= 0.3 is 12.0 Å². The zero-order valence-corrected chi connectivity index (χ0v) is 14.8. The van der Waals surface area contributed by atoms with Gasteiger partial charge in [-0.25, -0.2) is 4.79 Å². The Morgan fingerprint density at radius 1 is 1.36 bits per heavy atom. The number of amides is 3. The molecule has 1 aromatic rings. The number of likely N-dealkylation sites (N-methyl/N-ethyl adjacent to an activating group) is 1. The van der Waals surface area contributed by atoms with Crippen LogP contribution < -0.4 is 5.32 Å². The third-order valence-corrected chi connectivity index (χ3v) is 4.77. The van der Waals surface area contributed by atoms with Gasteiger partial charge in [0.2, 0.25) is 0 Å². The molecule has 2 heterocycles. The van der Waals surface area contributed by atoms with Gasteiger partial charge in [-0.15, -0.1) is 0 Å². The van der Waals surface area contributed by atoms with Crippen molar-refractivity contribution in [2.24, 2.45) is 0 Å². The number of nitrogens with one attached hydrogen (secondary N) is 1. The monoisotopic (exact) mass is 383 g/mol. The maximum atomic E-state index is 12.8. The fourth-order valence-electron chi connectivity index (χ4n) is 3.14. The van der Waals surface area contributed by atoms with Crippen LogP contribution in [0.25, 0.3) is 0 Å². The summed E-state index contributed by atoms with van der Waals surface area (Å²) >= 11 is 12.2. The lowest BCUT2D eigenvalue weighted by atomic mass is 9.95. The Labute approximate surface area is 153 Å². The molecule has 2 aliphatic heterocycles. The van der Waals surface area contributed by atoms with Gasteiger partial charge in [0.15, 0.2) is 0 Å². The molecule has 3 rings (SSSR count). The van der Waals surface area contributed by atoms with Gasteiger partial charge < -0.3 is 15.3 Å². The average molecular weight is 384 g/mol. The zero-order valence-electron chi connectivity index (χ0n) is 13.3. The van der Waals surface area contributed by atoms with E-state index in [1.54, 1.807) is 19.1 Å². The van der Waals surface area contributed by atoms with Crippen molar-refractivity contribution < 1.29 is 19.5 Å². The minimum Gasteiger partial charge on any atom is -0.480 e. The van der Waals surface area contributed by atoms with Gasteiger partial charge in [0.1, 0.15) is 6.54 Å². The van der Waals surface area contributed by atoms with E-state index < -0.39 is 24.5 Å². The first kappa shape index (κ1) is 17.6. The third-order valence-electron chi connectivity index (χ3n) is 4.21. The smallest absolute Gasteiger partial charge is 0.323 e. The van der Waals surface area contributed by atoms with Gasteiger partial charge in [0, 0.05) is 16.6 Å². The SMILES string of the molecule is CCN1C(=O)NC(c2ccc(Cl)cc2Cl)C2=C1CN(CC(=O)O)C2=O. The number of carbonyl (C=O) groups is 3. The van der Waals surface area contributed by atoms with Crippen molar-refractivity contribution in [1.82, 2.24) is 15.1 Å². The Kier molecular flexibility index (Phi) is 4.62. The van der Waals surface area contributed by atoms with E-state index in [2.05, 4.69) is 5.32 Å². The van der Waals surface area contributed by atoms with Gasteiger partial charge in [-0.3, -0.25) is 14.5 Å². The predicted octanol–water partition coefficient (Wildman–Crippen LogP) is 2.26. The predicted molar refractivity (Wildman–Crippen MR) is 91.4 cm³/mol. The topological polar surface area (TPSA) is 90.0 Å². The van der Waals surface area contributed by atoms with Crippen molar-refractivity contribution in [3.63, 3.8) is 0 Å². The number of aliphatic carboxylic acids is 1. The first-order valence-corrected chi connectivity index (χ1v) is 8.36. The quantitative estimate of drug-likeness (QED) is 0.834. The van der Waals surface area contributed by atoms with E-state index in [-0.39, 0.29) is 12.6 Å². The Bertz CT molecular complexity index is 809. The molecule has 25 heavy (non-hydrogen) atoms. The highest BCUT2D eigenvalue weighted by Crippen LogP contribution is 2.39. The highest BCUT2D eigenvalue weighted by Gasteiger charge is 2.44. The molecule has 7 nitrogen and oxygen atoms in total. The van der Waals surface area contributed by atoms with Crippen LogP contribution in [0.4, 0.5) is 4.79 Å². The van der Waals surface area contributed by atoms with Crippen molar-refractivity contribution in [2.75, 3.05) is 19.6 Å². The summed E-state index contributed by atoms with van der Waals surface area (Å²) in [6.45, 7) is 1.78. The Balaban J connectivity index is 2.07. The standard InChI is InChI=1S/C16H15Cl2N3O4/c1-2-21-11-6-20(7-12(22)23)15(24)13(11)14(19-16(21)25)9-4-3-8(17)5-10(9)18/h3-5,14H,2,6-7H2,1H3,(H,19,25)(H,22,23). The summed E-state index contributed by atoms with van der Waals surface area (Å²) in [5, 5.41) is 12.5. The van der Waals surface area contributed by atoms with E-state index in [4.69, 9.17) is 28.3 Å². The lowest BCUT2D eigenvalue weighted by Crippen LogP contribution is -2.47. The maximum Gasteiger partial charge on any atom is 0.323 e. The fourth-order valence-corrected chi connectivity index (χ4v) is 3.66. The van der Waals surface area contributed by atoms with Crippen molar-refractivity contribution in [2.45, 2.75) is 13.0 Å². The van der Waals surface area contributed by atoms with Crippen LogP contribution >= 0.6 is 23.2 Å². The summed E-state index contributed by atoms with van der Waals surface area (Å²) < 4.78 is 0. The van der Waals surface area contributed by atoms with Crippen LogP contribution in [0.1, 0.15) is 18.5 Å². The molecule has 1 unspecified atom stereocenters. The van der Waals surface area contributed by atoms with Crippen LogP contribution in [-0.4, -0.2) is 52.4 Å². The van der Waals surface area contributed by atoms with Crippen LogP contribution in [0, 0.1) is 0 Å². The first-order chi connectivity index (χ1) is 11.8. The molecule has 0 aliphatic carbocycles. The van der Waals surface area contributed by atoms with Gasteiger partial charge in [-0.2, -0.15) is 0 Å². The van der Waals surface area contributed by atoms with Gasteiger partial charge in [0.05, 0.1) is 23.9 Å². The molecule has 1 atom stereocenters. The number of hydrogen-bond acceptors (Lipinski definition) is 3. The normalized spacial score (nSPS) is 20.0. The lowest BCUT2D eigenvalue weighted by molar-refractivity contribution is -0.142. The van der Waals surface area contributed by atoms with E-state index in [9.17, 15) is 14.4 Å². The molecule has 132 valence electrons. The molecule has 1 aromatic carbocycles. The van der Waals surface area contributed by atoms with E-state index >= 15 is 0 Å². The summed E-state index contributed by atoms with van der Waals surface area (Å²) in [7, 11) is 0. The fraction of sp³-hybridized carbons (Fsp3) is 0.312. The Hall–Kier alpha value is -2.25. The van der Waals surface area contributed by atoms with Crippen LogP contribution in [0.5, 0.6) is 0 Å². The summed E-state index contributed by atoms with van der Waals surface area (Å²) in [6.07, 6.45) is 0. The largest absolute Gasteiger partial charge is 0.480 e. The summed E-state index contributed by atoms with van der Waals surface area (Å²) in [6, 6.07) is 3.69. The second-order valence-corrected chi connectivity index (χ2v) is 6.55. The Morgan fingerprint density at radius 3 is 2.68 bits per heavy atom. The molecule has 0 saturated heterocycles. The molecule has 2 N–H and O–H groups in total. The first-order valence-electron chi connectivity index (χ1n) is 7.60. The number of rotatable bonds is 4. The number of carbonyl (C=O) groups excluding carboxylic acids is 2. The van der Waals surface area contributed by atoms with Gasteiger partial charge in [-0.05, 0) is 24.6 Å². The van der Waals surface area contributed by atoms with Crippen LogP contribution in [0.3, 0.4) is 0 Å². The van der Waals surface area contributed by atoms with E-state index in [0.717, 1.165) is 0 Å². The molecule has 3 amide bonds. The van der Waals surface area contributed by atoms with Crippen LogP contribution in [0.2, 0.25) is 10.0 Å². The van der Waals surface area contributed by atoms with E-state index in [0.29, 0.717) is 33.4 Å². The Morgan fingerprint density at radius 2 is 2.08 bits per heavy atom. The second kappa shape index (κ2) is 6.57. The molecule has 0 bridgehead atoms.